The van der Waals surface area contributed by atoms with E-state index in [0.717, 1.165) is 0 Å². The molecule has 0 unspecified atom stereocenters. The average Bonchev–Trinajstić information content (AvgIpc) is 2.64. The summed E-state index contributed by atoms with van der Waals surface area (Å²) in [6.07, 6.45) is 0. The third-order valence-corrected chi connectivity index (χ3v) is 3.11. The highest BCUT2D eigenvalue weighted by molar-refractivity contribution is 7.89. The van der Waals surface area contributed by atoms with E-state index in [1.54, 1.807) is 18.2 Å². The van der Waals surface area contributed by atoms with Gasteiger partial charge in [0, 0.05) is 5.56 Å². The first-order chi connectivity index (χ1) is 7.48. The fourth-order valence-corrected chi connectivity index (χ4v) is 2.19. The third-order valence-electron chi connectivity index (χ3n) is 1.95. The van der Waals surface area contributed by atoms with Gasteiger partial charge in [0.05, 0.1) is 4.90 Å². The van der Waals surface area contributed by atoms with E-state index < -0.39 is 10.0 Å². The lowest BCUT2D eigenvalue weighted by Crippen LogP contribution is -2.13. The lowest BCUT2D eigenvalue weighted by atomic mass is 10.2. The molecule has 2 aromatic rings. The molecule has 4 N–H and O–H groups in total. The smallest absolute Gasteiger partial charge is 0.238 e. The molecule has 0 aliphatic rings. The van der Waals surface area contributed by atoms with E-state index in [1.807, 2.05) is 0 Å². The van der Waals surface area contributed by atoms with E-state index in [-0.39, 0.29) is 9.67 Å². The number of H-pyrrole nitrogens is 2. The van der Waals surface area contributed by atoms with Crippen molar-refractivity contribution in [2.75, 3.05) is 0 Å². The maximum absolute atomic E-state index is 11.3. The maximum Gasteiger partial charge on any atom is 0.238 e. The summed E-state index contributed by atoms with van der Waals surface area (Å²) in [6.45, 7) is 0. The van der Waals surface area contributed by atoms with E-state index in [1.165, 1.54) is 6.07 Å². The summed E-state index contributed by atoms with van der Waals surface area (Å²) in [5, 5.41) is 10.4. The molecule has 0 aliphatic heterocycles. The molecule has 0 amide bonds. The molecule has 84 valence electrons. The molecule has 0 spiro atoms. The van der Waals surface area contributed by atoms with Crippen molar-refractivity contribution in [3.8, 4) is 11.4 Å². The summed E-state index contributed by atoms with van der Waals surface area (Å²) in [5.74, 6) is 0.342. The van der Waals surface area contributed by atoms with Crippen molar-refractivity contribution >= 4 is 22.2 Å². The first-order valence-corrected chi connectivity index (χ1v) is 6.21. The van der Waals surface area contributed by atoms with Gasteiger partial charge in [-0.25, -0.2) is 13.6 Å². The first-order valence-electron chi connectivity index (χ1n) is 4.25. The molecule has 0 atom stereocenters. The number of hydrogen-bond donors (Lipinski definition) is 3. The van der Waals surface area contributed by atoms with Gasteiger partial charge in [0.1, 0.15) is 0 Å². The minimum Gasteiger partial charge on any atom is -0.282 e. The minimum absolute atomic E-state index is 0.00718. The predicted octanol–water partition coefficient (Wildman–Crippen LogP) is 0.782. The Balaban J connectivity index is 2.71. The minimum atomic E-state index is -3.78. The maximum atomic E-state index is 11.3. The van der Waals surface area contributed by atoms with Crippen LogP contribution in [0.2, 0.25) is 0 Å². The molecule has 8 heteroatoms. The van der Waals surface area contributed by atoms with Crippen LogP contribution in [0.4, 0.5) is 0 Å². The van der Waals surface area contributed by atoms with Gasteiger partial charge in [-0.3, -0.25) is 10.2 Å². The Kier molecular flexibility index (Phi) is 2.62. The zero-order chi connectivity index (χ0) is 11.8. The Morgan fingerprint density at radius 3 is 2.50 bits per heavy atom. The number of aromatic nitrogens is 3. The molecule has 0 saturated carbocycles. The number of benzene rings is 1. The molecule has 0 radical (unpaired) electrons. The second kappa shape index (κ2) is 3.81. The van der Waals surface area contributed by atoms with Crippen molar-refractivity contribution < 1.29 is 8.42 Å². The third kappa shape index (κ3) is 2.03. The fraction of sp³-hybridized carbons (Fsp3) is 0. The quantitative estimate of drug-likeness (QED) is 0.690. The molecule has 6 nitrogen and oxygen atoms in total. The standard InChI is InChI=1S/C8H8N4O2S2/c9-16(13,14)6-4-2-1-3-5(6)7-10-8(15)12-11-7/h1-4H,(H2,9,13,14)(H2,10,11,12,15). The topological polar surface area (TPSA) is 105 Å². The van der Waals surface area contributed by atoms with Gasteiger partial charge in [-0.2, -0.15) is 4.98 Å². The van der Waals surface area contributed by atoms with Crippen molar-refractivity contribution in [3.05, 3.63) is 29.0 Å². The van der Waals surface area contributed by atoms with Gasteiger partial charge in [0.15, 0.2) is 5.82 Å². The molecule has 0 aliphatic carbocycles. The monoisotopic (exact) mass is 256 g/mol. The van der Waals surface area contributed by atoms with Crippen LogP contribution in [0.1, 0.15) is 0 Å². The molecule has 0 bridgehead atoms. The van der Waals surface area contributed by atoms with Crippen LogP contribution >= 0.6 is 12.2 Å². The summed E-state index contributed by atoms with van der Waals surface area (Å²) in [7, 11) is -3.78. The van der Waals surface area contributed by atoms with Crippen molar-refractivity contribution in [2.24, 2.45) is 5.14 Å². The van der Waals surface area contributed by atoms with E-state index in [4.69, 9.17) is 17.4 Å². The molecule has 16 heavy (non-hydrogen) atoms. The van der Waals surface area contributed by atoms with Crippen LogP contribution in [0, 0.1) is 4.77 Å². The molecule has 1 aromatic heterocycles. The molecule has 1 heterocycles. The van der Waals surface area contributed by atoms with Crippen molar-refractivity contribution in [1.29, 1.82) is 0 Å². The number of aromatic amines is 2. The van der Waals surface area contributed by atoms with Gasteiger partial charge in [-0.15, -0.1) is 0 Å². The molecule has 0 fully saturated rings. The number of nitrogens with two attached hydrogens (primary N) is 1. The van der Waals surface area contributed by atoms with Crippen molar-refractivity contribution in [1.82, 2.24) is 15.2 Å². The zero-order valence-electron chi connectivity index (χ0n) is 7.97. The first kappa shape index (κ1) is 11.0. The lowest BCUT2D eigenvalue weighted by molar-refractivity contribution is 0.598. The summed E-state index contributed by atoms with van der Waals surface area (Å²) in [5.41, 5.74) is 0.386. The molecular weight excluding hydrogens is 248 g/mol. The van der Waals surface area contributed by atoms with Crippen LogP contribution in [-0.2, 0) is 10.0 Å². The number of hydrogen-bond acceptors (Lipinski definition) is 4. The SMILES string of the molecule is NS(=O)(=O)c1ccccc1-c1nc(=S)[nH][nH]1. The Bertz CT molecular complexity index is 671. The number of nitrogens with zero attached hydrogens (tertiary/aromatic N) is 1. The number of sulfonamides is 1. The summed E-state index contributed by atoms with van der Waals surface area (Å²) in [4.78, 5) is 3.95. The highest BCUT2D eigenvalue weighted by atomic mass is 32.2. The van der Waals surface area contributed by atoms with Crippen LogP contribution in [0.5, 0.6) is 0 Å². The highest BCUT2D eigenvalue weighted by Gasteiger charge is 2.15. The Labute approximate surface area is 96.6 Å². The fourth-order valence-electron chi connectivity index (χ4n) is 1.31. The second-order valence-electron chi connectivity index (χ2n) is 3.06. The van der Waals surface area contributed by atoms with Crippen LogP contribution in [0.25, 0.3) is 11.4 Å². The number of nitrogens with one attached hydrogen (secondary N) is 2. The van der Waals surface area contributed by atoms with E-state index in [9.17, 15) is 8.42 Å². The van der Waals surface area contributed by atoms with Gasteiger partial charge in [-0.1, -0.05) is 12.1 Å². The van der Waals surface area contributed by atoms with E-state index in [2.05, 4.69) is 15.2 Å². The molecular formula is C8H8N4O2S2. The summed E-state index contributed by atoms with van der Waals surface area (Å²) < 4.78 is 22.9. The van der Waals surface area contributed by atoms with Gasteiger partial charge in [0.2, 0.25) is 14.8 Å². The Morgan fingerprint density at radius 1 is 1.25 bits per heavy atom. The Morgan fingerprint density at radius 2 is 1.94 bits per heavy atom. The average molecular weight is 256 g/mol. The molecule has 2 rings (SSSR count). The molecule has 1 aromatic carbocycles. The van der Waals surface area contributed by atoms with Crippen LogP contribution < -0.4 is 5.14 Å². The normalized spacial score (nSPS) is 11.6. The van der Waals surface area contributed by atoms with Gasteiger partial charge in [-0.05, 0) is 24.4 Å². The number of rotatable bonds is 2. The van der Waals surface area contributed by atoms with Gasteiger partial charge in [0.25, 0.3) is 0 Å². The summed E-state index contributed by atoms with van der Waals surface area (Å²) in [6, 6.07) is 6.29. The lowest BCUT2D eigenvalue weighted by Gasteiger charge is -2.03. The van der Waals surface area contributed by atoms with Crippen molar-refractivity contribution in [2.45, 2.75) is 4.90 Å². The zero-order valence-corrected chi connectivity index (χ0v) is 9.60. The number of primary sulfonamides is 1. The second-order valence-corrected chi connectivity index (χ2v) is 4.97. The summed E-state index contributed by atoms with van der Waals surface area (Å²) >= 11 is 4.79. The highest BCUT2D eigenvalue weighted by Crippen LogP contribution is 2.22. The van der Waals surface area contributed by atoms with E-state index >= 15 is 0 Å². The molecule has 0 saturated heterocycles. The van der Waals surface area contributed by atoms with Crippen molar-refractivity contribution in [3.63, 3.8) is 0 Å². The predicted molar refractivity (Wildman–Crippen MR) is 60.6 cm³/mol. The van der Waals surface area contributed by atoms with Gasteiger partial charge < -0.3 is 0 Å². The van der Waals surface area contributed by atoms with Crippen LogP contribution in [0.15, 0.2) is 29.2 Å². The Hall–Kier alpha value is -1.51. The van der Waals surface area contributed by atoms with Crippen LogP contribution in [-0.4, -0.2) is 23.6 Å². The van der Waals surface area contributed by atoms with E-state index in [0.29, 0.717) is 11.4 Å². The largest absolute Gasteiger partial charge is 0.282 e. The van der Waals surface area contributed by atoms with Gasteiger partial charge >= 0.3 is 0 Å². The van der Waals surface area contributed by atoms with Crippen LogP contribution in [0.3, 0.4) is 0 Å².